The minimum absolute atomic E-state index is 0.248. The van der Waals surface area contributed by atoms with Crippen molar-refractivity contribution in [3.63, 3.8) is 0 Å². The third-order valence-corrected chi connectivity index (χ3v) is 12.5. The van der Waals surface area contributed by atoms with Crippen molar-refractivity contribution in [1.82, 2.24) is 5.32 Å². The van der Waals surface area contributed by atoms with E-state index in [4.69, 9.17) is 9.05 Å². The van der Waals surface area contributed by atoms with Gasteiger partial charge in [-0.25, -0.2) is 4.57 Å². The summed E-state index contributed by atoms with van der Waals surface area (Å²) in [6.45, 7) is 3.54. The third-order valence-electron chi connectivity index (χ3n) is 11.5. The summed E-state index contributed by atoms with van der Waals surface area (Å²) < 4.78 is 22.6. The number of allylic oxidation sites excluding steroid dienone is 5. The van der Waals surface area contributed by atoms with Crippen LogP contribution in [-0.4, -0.2) is 108 Å². The molecule has 1 aliphatic rings. The molecule has 0 aliphatic heterocycles. The molecule has 0 spiro atoms. The molecule has 8 unspecified atom stereocenters. The Kier molecular flexibility index (Phi) is 34.7. The second kappa shape index (κ2) is 36.8. The molecule has 0 bridgehead atoms. The topological polar surface area (TPSA) is 226 Å². The van der Waals surface area contributed by atoms with Gasteiger partial charge in [-0.15, -0.1) is 0 Å². The first kappa shape index (κ1) is 57.5. The molecule has 0 saturated heterocycles. The molecule has 1 fully saturated rings. The first-order valence-electron chi connectivity index (χ1n) is 24.0. The fraction of sp³-hybridized carbons (Fsp3) is 0.851. The van der Waals surface area contributed by atoms with Gasteiger partial charge >= 0.3 is 7.82 Å². The van der Waals surface area contributed by atoms with Gasteiger partial charge < -0.3 is 46.0 Å². The highest BCUT2D eigenvalue weighted by atomic mass is 31.2. The van der Waals surface area contributed by atoms with Crippen LogP contribution >= 0.6 is 7.82 Å². The van der Waals surface area contributed by atoms with Gasteiger partial charge in [-0.05, 0) is 44.9 Å². The van der Waals surface area contributed by atoms with E-state index in [0.29, 0.717) is 12.8 Å². The van der Waals surface area contributed by atoms with Gasteiger partial charge in [-0.2, -0.15) is 0 Å². The zero-order chi connectivity index (χ0) is 45.1. The minimum atomic E-state index is -5.12. The second-order valence-corrected chi connectivity index (χ2v) is 18.5. The highest BCUT2D eigenvalue weighted by Crippen LogP contribution is 2.47. The Bertz CT molecular complexity index is 1190. The van der Waals surface area contributed by atoms with Crippen molar-refractivity contribution >= 4 is 13.7 Å². The lowest BCUT2D eigenvalue weighted by molar-refractivity contribution is -0.220. The van der Waals surface area contributed by atoms with Crippen LogP contribution in [0.25, 0.3) is 0 Å². The molecule has 358 valence electrons. The normalized spacial score (nSPS) is 23.5. The number of aliphatic hydroxyl groups is 7. The van der Waals surface area contributed by atoms with E-state index in [1.54, 1.807) is 6.08 Å². The first-order valence-corrected chi connectivity index (χ1v) is 25.5. The number of hydrogen-bond acceptors (Lipinski definition) is 11. The Morgan fingerprint density at radius 1 is 0.590 bits per heavy atom. The molecule has 14 heteroatoms. The Balaban J connectivity index is 2.20. The molecule has 61 heavy (non-hydrogen) atoms. The van der Waals surface area contributed by atoms with Crippen molar-refractivity contribution in [3.05, 3.63) is 36.5 Å². The van der Waals surface area contributed by atoms with Crippen LogP contribution in [0.2, 0.25) is 0 Å². The van der Waals surface area contributed by atoms with Crippen LogP contribution in [0.1, 0.15) is 194 Å². The van der Waals surface area contributed by atoms with E-state index in [2.05, 4.69) is 36.5 Å². The van der Waals surface area contributed by atoms with E-state index in [0.717, 1.165) is 44.9 Å². The molecule has 0 aromatic rings. The summed E-state index contributed by atoms with van der Waals surface area (Å²) in [6.07, 6.45) is 29.4. The molecule has 1 amide bonds. The van der Waals surface area contributed by atoms with Crippen LogP contribution in [0, 0.1) is 0 Å². The summed E-state index contributed by atoms with van der Waals surface area (Å²) in [5.74, 6) is -0.604. The molecule has 0 radical (unpaired) electrons. The van der Waals surface area contributed by atoms with E-state index in [1.165, 1.54) is 122 Å². The van der Waals surface area contributed by atoms with Crippen LogP contribution in [0.5, 0.6) is 0 Å². The van der Waals surface area contributed by atoms with Gasteiger partial charge in [0.25, 0.3) is 0 Å². The summed E-state index contributed by atoms with van der Waals surface area (Å²) in [7, 11) is -5.12. The van der Waals surface area contributed by atoms with E-state index in [1.807, 2.05) is 6.92 Å². The maximum absolute atomic E-state index is 12.9. The minimum Gasteiger partial charge on any atom is -0.393 e. The van der Waals surface area contributed by atoms with E-state index < -0.39 is 75.2 Å². The van der Waals surface area contributed by atoms with Crippen molar-refractivity contribution in [2.24, 2.45) is 0 Å². The SMILES string of the molecule is CCCC/C=C/C(O)C(COP(=O)(O)OC1C(O)C(O)C(O)C(O)C1O)NC(=O)CC(O)CCCCCCCCCCCCC/C=C\C/C=C\CCCCCCCCCCC. The number of carbonyl (C=O) groups is 1. The van der Waals surface area contributed by atoms with E-state index >= 15 is 0 Å². The molecule has 1 aliphatic carbocycles. The molecule has 9 N–H and O–H groups in total. The Hall–Kier alpha value is -1.48. The second-order valence-electron chi connectivity index (χ2n) is 17.1. The number of unbranched alkanes of at least 4 members (excludes halogenated alkanes) is 22. The molecule has 0 aromatic carbocycles. The predicted octanol–water partition coefficient (Wildman–Crippen LogP) is 8.14. The average Bonchev–Trinajstić information content (AvgIpc) is 3.23. The molecule has 13 nitrogen and oxygen atoms in total. The Morgan fingerprint density at radius 2 is 1.02 bits per heavy atom. The largest absolute Gasteiger partial charge is 0.472 e. The summed E-state index contributed by atoms with van der Waals surface area (Å²) in [6, 6.07) is -1.24. The predicted molar refractivity (Wildman–Crippen MR) is 243 cm³/mol. The fourth-order valence-electron chi connectivity index (χ4n) is 7.49. The maximum atomic E-state index is 12.9. The van der Waals surface area contributed by atoms with Crippen molar-refractivity contribution in [1.29, 1.82) is 0 Å². The molecular weight excluding hydrogens is 801 g/mol. The standard InChI is InChI=1S/C47H88NO12P/c1-3-5-7-9-10-11-12-13-14-15-16-17-18-19-20-21-22-23-24-25-26-27-28-29-30-31-32-34-38(49)36-41(51)48-39(40(50)35-33-8-6-4-2)37-59-61(57,58)60-47-45(55)43(53)42(52)44(54)46(47)56/h16-17,19-20,33,35,38-40,42-47,49-50,52-56H,3-15,18,21-32,34,36-37H2,1-2H3,(H,48,51)(H,57,58)/b17-16-,20-19-,35-33+. The number of hydrogen-bond donors (Lipinski definition) is 9. The monoisotopic (exact) mass is 890 g/mol. The lowest BCUT2D eigenvalue weighted by Crippen LogP contribution is -2.64. The lowest BCUT2D eigenvalue weighted by atomic mass is 9.85. The van der Waals surface area contributed by atoms with Gasteiger partial charge in [0.15, 0.2) is 0 Å². The van der Waals surface area contributed by atoms with Gasteiger partial charge in [0.2, 0.25) is 5.91 Å². The molecule has 0 heterocycles. The smallest absolute Gasteiger partial charge is 0.393 e. The molecule has 1 saturated carbocycles. The number of phosphoric ester groups is 1. The van der Waals surface area contributed by atoms with Crippen LogP contribution in [0.4, 0.5) is 0 Å². The van der Waals surface area contributed by atoms with E-state index in [9.17, 15) is 50.0 Å². The van der Waals surface area contributed by atoms with Crippen LogP contribution < -0.4 is 5.32 Å². The number of amides is 1. The van der Waals surface area contributed by atoms with Gasteiger partial charge in [0.1, 0.15) is 36.6 Å². The first-order chi connectivity index (χ1) is 29.3. The highest BCUT2D eigenvalue weighted by Gasteiger charge is 2.51. The number of phosphoric acid groups is 1. The number of aliphatic hydroxyl groups excluding tert-OH is 7. The molecule has 0 aromatic heterocycles. The van der Waals surface area contributed by atoms with Crippen molar-refractivity contribution < 1.29 is 59.0 Å². The zero-order valence-corrected chi connectivity index (χ0v) is 38.7. The molecule has 1 rings (SSSR count). The van der Waals surface area contributed by atoms with Crippen molar-refractivity contribution in [3.8, 4) is 0 Å². The van der Waals surface area contributed by atoms with Gasteiger partial charge in [0.05, 0.1) is 31.3 Å². The van der Waals surface area contributed by atoms with Crippen molar-refractivity contribution in [2.45, 2.75) is 249 Å². The zero-order valence-electron chi connectivity index (χ0n) is 37.8. The Labute approximate surface area is 368 Å². The number of rotatable bonds is 39. The lowest BCUT2D eigenvalue weighted by Gasteiger charge is -2.41. The fourth-order valence-corrected chi connectivity index (χ4v) is 8.46. The van der Waals surface area contributed by atoms with Gasteiger partial charge in [-0.1, -0.05) is 179 Å². The number of carbonyl (C=O) groups excluding carboxylic acids is 1. The third kappa shape index (κ3) is 28.8. The summed E-state index contributed by atoms with van der Waals surface area (Å²) in [5.41, 5.74) is 0. The van der Waals surface area contributed by atoms with Crippen LogP contribution in [-0.2, 0) is 18.4 Å². The average molecular weight is 890 g/mol. The quantitative estimate of drug-likeness (QED) is 0.0162. The van der Waals surface area contributed by atoms with Crippen molar-refractivity contribution in [2.75, 3.05) is 6.61 Å². The van der Waals surface area contributed by atoms with Crippen LogP contribution in [0.3, 0.4) is 0 Å². The van der Waals surface area contributed by atoms with Crippen LogP contribution in [0.15, 0.2) is 36.5 Å². The van der Waals surface area contributed by atoms with Gasteiger partial charge in [-0.3, -0.25) is 13.8 Å². The van der Waals surface area contributed by atoms with E-state index in [-0.39, 0.29) is 6.42 Å². The molecule has 8 atom stereocenters. The highest BCUT2D eigenvalue weighted by molar-refractivity contribution is 7.47. The Morgan fingerprint density at radius 3 is 1.51 bits per heavy atom. The number of nitrogens with one attached hydrogen (secondary N) is 1. The summed E-state index contributed by atoms with van der Waals surface area (Å²) in [5, 5.41) is 73.8. The van der Waals surface area contributed by atoms with Gasteiger partial charge in [0, 0.05) is 0 Å². The molecular formula is C47H88NO12P. The summed E-state index contributed by atoms with van der Waals surface area (Å²) >= 11 is 0. The summed E-state index contributed by atoms with van der Waals surface area (Å²) in [4.78, 5) is 23.2. The maximum Gasteiger partial charge on any atom is 0.472 e.